The number of carbonyl (C=O) groups excluding carboxylic acids is 1. The lowest BCUT2D eigenvalue weighted by Gasteiger charge is -2.29. The Kier molecular flexibility index (Phi) is 7.35. The van der Waals surface area contributed by atoms with Gasteiger partial charge in [0.1, 0.15) is 5.75 Å². The van der Waals surface area contributed by atoms with Crippen LogP contribution in [0.4, 0.5) is 0 Å². The molecular formula is C22H32N2O4S. The molecule has 0 radical (unpaired) electrons. The molecule has 1 N–H and O–H groups in total. The van der Waals surface area contributed by atoms with E-state index < -0.39 is 10.0 Å². The number of methoxy groups -OCH3 is 1. The van der Waals surface area contributed by atoms with Gasteiger partial charge in [0, 0.05) is 19.6 Å². The molecule has 6 nitrogen and oxygen atoms in total. The lowest BCUT2D eigenvalue weighted by atomic mass is 9.97. The van der Waals surface area contributed by atoms with Gasteiger partial charge in [-0.05, 0) is 69.1 Å². The minimum Gasteiger partial charge on any atom is -0.496 e. The zero-order valence-corrected chi connectivity index (χ0v) is 18.3. The first kappa shape index (κ1) is 21.8. The monoisotopic (exact) mass is 420 g/mol. The number of ether oxygens (including phenoxy) is 1. The number of sulfonamides is 1. The number of piperidine rings is 1. The highest BCUT2D eigenvalue weighted by molar-refractivity contribution is 7.89. The van der Waals surface area contributed by atoms with Crippen molar-refractivity contribution < 1.29 is 17.9 Å². The number of hydrogen-bond donors (Lipinski definition) is 1. The molecule has 1 amide bonds. The molecule has 1 heterocycles. The molecule has 1 aromatic rings. The summed E-state index contributed by atoms with van der Waals surface area (Å²) in [4.78, 5) is 12.9. The number of nitrogens with zero attached hydrogens (tertiary/aromatic N) is 1. The van der Waals surface area contributed by atoms with E-state index in [4.69, 9.17) is 4.74 Å². The molecule has 0 aromatic heterocycles. The van der Waals surface area contributed by atoms with Crippen LogP contribution in [0.25, 0.3) is 0 Å². The predicted octanol–water partition coefficient (Wildman–Crippen LogP) is 3.74. The Balaban J connectivity index is 1.72. The Labute approximate surface area is 174 Å². The quantitative estimate of drug-likeness (QED) is 0.682. The largest absolute Gasteiger partial charge is 0.496 e. The molecule has 160 valence electrons. The van der Waals surface area contributed by atoms with Crippen molar-refractivity contribution >= 4 is 15.9 Å². The first-order valence-electron chi connectivity index (χ1n) is 10.6. The van der Waals surface area contributed by atoms with Gasteiger partial charge in [-0.2, -0.15) is 4.31 Å². The number of hydrogen-bond acceptors (Lipinski definition) is 4. The molecule has 0 spiro atoms. The number of rotatable bonds is 7. The van der Waals surface area contributed by atoms with E-state index in [1.807, 2.05) is 0 Å². The molecule has 1 aliphatic carbocycles. The summed E-state index contributed by atoms with van der Waals surface area (Å²) in [6.07, 6.45) is 9.48. The maximum atomic E-state index is 13.0. The molecule has 0 saturated carbocycles. The summed E-state index contributed by atoms with van der Waals surface area (Å²) in [5.41, 5.74) is 1.65. The van der Waals surface area contributed by atoms with Gasteiger partial charge in [-0.3, -0.25) is 4.79 Å². The summed E-state index contributed by atoms with van der Waals surface area (Å²) >= 11 is 0. The summed E-state index contributed by atoms with van der Waals surface area (Å²) in [6, 6.07) is 4.54. The molecule has 1 aliphatic heterocycles. The SMILES string of the molecule is COc1ccc(S(=O)(=O)N2CCC(C)CC2)cc1C(=O)NCCC1=CCCCC1. The lowest BCUT2D eigenvalue weighted by Crippen LogP contribution is -2.38. The Hall–Kier alpha value is -1.86. The molecule has 0 bridgehead atoms. The summed E-state index contributed by atoms with van der Waals surface area (Å²) in [6.45, 7) is 3.72. The van der Waals surface area contributed by atoms with E-state index in [-0.39, 0.29) is 16.4 Å². The second-order valence-corrected chi connectivity index (χ2v) is 10.0. The Morgan fingerprint density at radius 2 is 2.00 bits per heavy atom. The maximum absolute atomic E-state index is 13.0. The Morgan fingerprint density at radius 3 is 2.66 bits per heavy atom. The highest BCUT2D eigenvalue weighted by atomic mass is 32.2. The van der Waals surface area contributed by atoms with Gasteiger partial charge >= 0.3 is 0 Å². The van der Waals surface area contributed by atoms with Crippen LogP contribution in [0.15, 0.2) is 34.7 Å². The van der Waals surface area contributed by atoms with E-state index in [9.17, 15) is 13.2 Å². The lowest BCUT2D eigenvalue weighted by molar-refractivity contribution is 0.0950. The van der Waals surface area contributed by atoms with Crippen molar-refractivity contribution in [2.75, 3.05) is 26.7 Å². The Bertz CT molecular complexity index is 856. The van der Waals surface area contributed by atoms with Crippen LogP contribution in [-0.2, 0) is 10.0 Å². The molecule has 0 atom stereocenters. The van der Waals surface area contributed by atoms with Gasteiger partial charge in [-0.15, -0.1) is 0 Å². The minimum atomic E-state index is -3.62. The normalized spacial score (nSPS) is 18.9. The third-order valence-corrected chi connectivity index (χ3v) is 7.81. The molecular weight excluding hydrogens is 388 g/mol. The predicted molar refractivity (Wildman–Crippen MR) is 114 cm³/mol. The number of nitrogens with one attached hydrogen (secondary N) is 1. The van der Waals surface area contributed by atoms with Crippen LogP contribution in [0.3, 0.4) is 0 Å². The number of benzene rings is 1. The zero-order valence-electron chi connectivity index (χ0n) is 17.4. The summed E-state index contributed by atoms with van der Waals surface area (Å²) in [5, 5.41) is 2.92. The number of amides is 1. The molecule has 1 aromatic carbocycles. The maximum Gasteiger partial charge on any atom is 0.255 e. The van der Waals surface area contributed by atoms with Crippen LogP contribution in [0, 0.1) is 5.92 Å². The molecule has 29 heavy (non-hydrogen) atoms. The summed E-state index contributed by atoms with van der Waals surface area (Å²) in [7, 11) is -2.13. The topological polar surface area (TPSA) is 75.7 Å². The van der Waals surface area contributed by atoms with Gasteiger partial charge in [0.2, 0.25) is 10.0 Å². The van der Waals surface area contributed by atoms with Crippen LogP contribution < -0.4 is 10.1 Å². The summed E-state index contributed by atoms with van der Waals surface area (Å²) < 4.78 is 32.9. The van der Waals surface area contributed by atoms with Crippen molar-refractivity contribution in [2.45, 2.75) is 56.8 Å². The van der Waals surface area contributed by atoms with E-state index in [0.29, 0.717) is 31.3 Å². The third-order valence-electron chi connectivity index (χ3n) is 5.91. The summed E-state index contributed by atoms with van der Waals surface area (Å²) in [5.74, 6) is 0.617. The van der Waals surface area contributed by atoms with Crippen molar-refractivity contribution in [2.24, 2.45) is 5.92 Å². The minimum absolute atomic E-state index is 0.146. The molecule has 0 unspecified atom stereocenters. The van der Waals surface area contributed by atoms with Crippen LogP contribution in [0.5, 0.6) is 5.75 Å². The zero-order chi connectivity index (χ0) is 20.9. The van der Waals surface area contributed by atoms with E-state index >= 15 is 0 Å². The van der Waals surface area contributed by atoms with E-state index in [2.05, 4.69) is 18.3 Å². The fraction of sp³-hybridized carbons (Fsp3) is 0.591. The van der Waals surface area contributed by atoms with Crippen molar-refractivity contribution in [3.8, 4) is 5.75 Å². The van der Waals surface area contributed by atoms with Gasteiger partial charge in [0.05, 0.1) is 17.6 Å². The fourth-order valence-corrected chi connectivity index (χ4v) is 5.46. The number of allylic oxidation sites excluding steroid dienone is 1. The Morgan fingerprint density at radius 1 is 1.24 bits per heavy atom. The first-order chi connectivity index (χ1) is 13.9. The molecule has 1 fully saturated rings. The van der Waals surface area contributed by atoms with E-state index in [1.165, 1.54) is 42.0 Å². The van der Waals surface area contributed by atoms with Gasteiger partial charge in [0.15, 0.2) is 0 Å². The average Bonchev–Trinajstić information content (AvgIpc) is 2.74. The first-order valence-corrected chi connectivity index (χ1v) is 12.0. The highest BCUT2D eigenvalue weighted by Gasteiger charge is 2.29. The number of carbonyl (C=O) groups is 1. The van der Waals surface area contributed by atoms with Gasteiger partial charge in [-0.1, -0.05) is 18.6 Å². The van der Waals surface area contributed by atoms with Crippen molar-refractivity contribution in [3.05, 3.63) is 35.4 Å². The van der Waals surface area contributed by atoms with Crippen molar-refractivity contribution in [1.82, 2.24) is 9.62 Å². The van der Waals surface area contributed by atoms with Crippen molar-refractivity contribution in [1.29, 1.82) is 0 Å². The highest BCUT2D eigenvalue weighted by Crippen LogP contribution is 2.27. The standard InChI is InChI=1S/C22H32N2O4S/c1-17-11-14-24(15-12-17)29(26,27)19-8-9-21(28-2)20(16-19)22(25)23-13-10-18-6-4-3-5-7-18/h6,8-9,16-17H,3-5,7,10-15H2,1-2H3,(H,23,25). The molecule has 2 aliphatic rings. The van der Waals surface area contributed by atoms with Gasteiger partial charge in [0.25, 0.3) is 5.91 Å². The van der Waals surface area contributed by atoms with Crippen molar-refractivity contribution in [3.63, 3.8) is 0 Å². The second kappa shape index (κ2) is 9.76. The van der Waals surface area contributed by atoms with E-state index in [1.54, 1.807) is 6.07 Å². The average molecular weight is 421 g/mol. The van der Waals surface area contributed by atoms with E-state index in [0.717, 1.165) is 32.1 Å². The second-order valence-electron chi connectivity index (χ2n) is 8.06. The van der Waals surface area contributed by atoms with Gasteiger partial charge < -0.3 is 10.1 Å². The van der Waals surface area contributed by atoms with Gasteiger partial charge in [-0.25, -0.2) is 8.42 Å². The third kappa shape index (κ3) is 5.39. The fourth-order valence-electron chi connectivity index (χ4n) is 3.96. The van der Waals surface area contributed by atoms with Crippen LogP contribution >= 0.6 is 0 Å². The van der Waals surface area contributed by atoms with Crippen LogP contribution in [0.2, 0.25) is 0 Å². The van der Waals surface area contributed by atoms with Crippen LogP contribution in [0.1, 0.15) is 62.2 Å². The smallest absolute Gasteiger partial charge is 0.255 e. The molecule has 3 rings (SSSR count). The van der Waals surface area contributed by atoms with Crippen LogP contribution in [-0.4, -0.2) is 45.4 Å². The molecule has 1 saturated heterocycles. The molecule has 7 heteroatoms.